The highest BCUT2D eigenvalue weighted by molar-refractivity contribution is 7.99. The van der Waals surface area contributed by atoms with Crippen LogP contribution in [-0.4, -0.2) is 27.2 Å². The number of aromatic nitrogens is 3. The van der Waals surface area contributed by atoms with Crippen LogP contribution in [0.25, 0.3) is 0 Å². The molecule has 0 spiro atoms. The highest BCUT2D eigenvalue weighted by atomic mass is 32.2. The average Bonchev–Trinajstić information content (AvgIpc) is 3.05. The van der Waals surface area contributed by atoms with E-state index in [4.69, 9.17) is 15.5 Å². The summed E-state index contributed by atoms with van der Waals surface area (Å²) in [6.07, 6.45) is 4.73. The lowest BCUT2D eigenvalue weighted by Gasteiger charge is -2.14. The van der Waals surface area contributed by atoms with E-state index in [1.807, 2.05) is 30.5 Å². The maximum Gasteiger partial charge on any atom is 0.404 e. The van der Waals surface area contributed by atoms with Gasteiger partial charge in [-0.1, -0.05) is 25.6 Å². The lowest BCUT2D eigenvalue weighted by atomic mass is 10.1. The zero-order chi connectivity index (χ0) is 23.1. The van der Waals surface area contributed by atoms with Gasteiger partial charge in [0, 0.05) is 36.3 Å². The van der Waals surface area contributed by atoms with Crippen LogP contribution in [0.5, 0.6) is 0 Å². The molecule has 2 N–H and O–H groups in total. The van der Waals surface area contributed by atoms with E-state index in [1.54, 1.807) is 12.4 Å². The Labute approximate surface area is 190 Å². The molecule has 170 valence electrons. The van der Waals surface area contributed by atoms with E-state index >= 15 is 0 Å². The third-order valence-corrected chi connectivity index (χ3v) is 5.88. The van der Waals surface area contributed by atoms with Crippen LogP contribution in [0.15, 0.2) is 52.6 Å². The molecule has 0 unspecified atom stereocenters. The van der Waals surface area contributed by atoms with Gasteiger partial charge in [-0.3, -0.25) is 4.98 Å². The number of carbonyl (C=O) groups is 1. The molecule has 0 aliphatic heterocycles. The Kier molecular flexibility index (Phi) is 8.21. The topological polar surface area (TPSA) is 83.0 Å². The molecule has 32 heavy (non-hydrogen) atoms. The van der Waals surface area contributed by atoms with Crippen LogP contribution < -0.4 is 5.73 Å². The Balaban J connectivity index is 1.91. The third-order valence-electron chi connectivity index (χ3n) is 4.79. The number of nitrogens with two attached hydrogens (primary N) is 1. The Morgan fingerprint density at radius 3 is 2.47 bits per heavy atom. The van der Waals surface area contributed by atoms with Crippen molar-refractivity contribution in [2.24, 2.45) is 5.73 Å². The van der Waals surface area contributed by atoms with Gasteiger partial charge < -0.3 is 15.0 Å². The first-order chi connectivity index (χ1) is 15.3. The van der Waals surface area contributed by atoms with Crippen molar-refractivity contribution < 1.29 is 18.3 Å². The van der Waals surface area contributed by atoms with Gasteiger partial charge in [-0.25, -0.2) is 18.6 Å². The second kappa shape index (κ2) is 11.1. The molecule has 3 rings (SSSR count). The van der Waals surface area contributed by atoms with Crippen molar-refractivity contribution in [1.29, 1.82) is 0 Å². The van der Waals surface area contributed by atoms with E-state index in [2.05, 4.69) is 4.98 Å². The number of carbonyl (C=O) groups excluding carboxylic acids is 1. The molecular formula is C23H26F2N4O2S. The van der Waals surface area contributed by atoms with Crippen molar-refractivity contribution in [3.63, 3.8) is 0 Å². The SMILES string of the molecule is CC(C)c1nc(CCOC(N)=O)n(CCCc2ccncc2)c1Sc1cc(F)cc(F)c1. The lowest BCUT2D eigenvalue weighted by Crippen LogP contribution is -2.16. The monoisotopic (exact) mass is 460 g/mol. The number of hydrogen-bond donors (Lipinski definition) is 1. The second-order valence-electron chi connectivity index (χ2n) is 7.61. The van der Waals surface area contributed by atoms with Crippen LogP contribution in [0.1, 0.15) is 43.3 Å². The van der Waals surface area contributed by atoms with Crippen molar-refractivity contribution in [2.45, 2.75) is 55.5 Å². The minimum atomic E-state index is -0.838. The highest BCUT2D eigenvalue weighted by Crippen LogP contribution is 2.36. The molecule has 0 saturated carbocycles. The number of primary amides is 1. The molecule has 0 aliphatic rings. The fourth-order valence-electron chi connectivity index (χ4n) is 3.34. The third kappa shape index (κ3) is 6.53. The maximum absolute atomic E-state index is 13.8. The molecule has 0 bridgehead atoms. The van der Waals surface area contributed by atoms with Crippen LogP contribution in [0.4, 0.5) is 13.6 Å². The number of hydrogen-bond acceptors (Lipinski definition) is 5. The van der Waals surface area contributed by atoms with Gasteiger partial charge in [0.15, 0.2) is 0 Å². The van der Waals surface area contributed by atoms with Crippen molar-refractivity contribution >= 4 is 17.9 Å². The van der Waals surface area contributed by atoms with Gasteiger partial charge in [0.25, 0.3) is 0 Å². The summed E-state index contributed by atoms with van der Waals surface area (Å²) in [5, 5.41) is 0.828. The van der Waals surface area contributed by atoms with Crippen LogP contribution in [-0.2, 0) is 24.1 Å². The van der Waals surface area contributed by atoms with Gasteiger partial charge in [-0.15, -0.1) is 0 Å². The van der Waals surface area contributed by atoms with Gasteiger partial charge in [-0.2, -0.15) is 0 Å². The predicted molar refractivity (Wildman–Crippen MR) is 119 cm³/mol. The van der Waals surface area contributed by atoms with E-state index < -0.39 is 17.7 Å². The molecule has 6 nitrogen and oxygen atoms in total. The Morgan fingerprint density at radius 1 is 1.16 bits per heavy atom. The van der Waals surface area contributed by atoms with E-state index in [0.29, 0.717) is 17.9 Å². The second-order valence-corrected chi connectivity index (χ2v) is 8.67. The number of imidazole rings is 1. The molecule has 0 fully saturated rings. The zero-order valence-electron chi connectivity index (χ0n) is 18.1. The summed E-state index contributed by atoms with van der Waals surface area (Å²) >= 11 is 1.28. The van der Waals surface area contributed by atoms with E-state index in [9.17, 15) is 13.6 Å². The van der Waals surface area contributed by atoms with Crippen molar-refractivity contribution in [1.82, 2.24) is 14.5 Å². The Bertz CT molecular complexity index is 1040. The number of rotatable bonds is 10. The molecule has 0 radical (unpaired) electrons. The summed E-state index contributed by atoms with van der Waals surface area (Å²) < 4.78 is 34.5. The summed E-state index contributed by atoms with van der Waals surface area (Å²) in [4.78, 5) is 20.3. The molecule has 0 saturated heterocycles. The number of nitrogens with zero attached hydrogens (tertiary/aromatic N) is 3. The Hall–Kier alpha value is -2.94. The molecule has 2 heterocycles. The summed E-state index contributed by atoms with van der Waals surface area (Å²) in [5.74, 6) is -0.424. The van der Waals surface area contributed by atoms with E-state index in [0.717, 1.165) is 35.5 Å². The zero-order valence-corrected chi connectivity index (χ0v) is 18.9. The largest absolute Gasteiger partial charge is 0.449 e. The first-order valence-corrected chi connectivity index (χ1v) is 11.2. The number of amides is 1. The van der Waals surface area contributed by atoms with Crippen LogP contribution in [0.3, 0.4) is 0 Å². The van der Waals surface area contributed by atoms with Gasteiger partial charge in [0.2, 0.25) is 0 Å². The fraction of sp³-hybridized carbons (Fsp3) is 0.348. The molecule has 1 aromatic carbocycles. The van der Waals surface area contributed by atoms with Gasteiger partial charge in [0.05, 0.1) is 5.69 Å². The standard InChI is InChI=1S/C23H26F2N4O2S/c1-15(2)21-22(32-19-13-17(24)12-18(25)14-19)29(20(28-21)7-11-31-23(26)30)10-3-4-16-5-8-27-9-6-16/h5-6,8-9,12-15H,3-4,7,10-11H2,1-2H3,(H2,26,30). The number of benzene rings is 1. The van der Waals surface area contributed by atoms with Gasteiger partial charge in [0.1, 0.15) is 29.1 Å². The van der Waals surface area contributed by atoms with E-state index in [1.165, 1.54) is 29.5 Å². The summed E-state index contributed by atoms with van der Waals surface area (Å²) in [6.45, 7) is 4.79. The summed E-state index contributed by atoms with van der Waals surface area (Å²) in [5.41, 5.74) is 7.09. The lowest BCUT2D eigenvalue weighted by molar-refractivity contribution is 0.157. The molecular weight excluding hydrogens is 434 g/mol. The molecule has 9 heteroatoms. The Morgan fingerprint density at radius 2 is 1.84 bits per heavy atom. The fourth-order valence-corrected chi connectivity index (χ4v) is 4.60. The number of pyridine rings is 1. The van der Waals surface area contributed by atoms with Crippen molar-refractivity contribution in [3.8, 4) is 0 Å². The van der Waals surface area contributed by atoms with Crippen molar-refractivity contribution in [2.75, 3.05) is 6.61 Å². The first-order valence-electron chi connectivity index (χ1n) is 10.4. The summed E-state index contributed by atoms with van der Waals surface area (Å²) in [6, 6.07) is 7.41. The smallest absolute Gasteiger partial charge is 0.404 e. The number of ether oxygens (including phenoxy) is 1. The first kappa shape index (κ1) is 23.7. The van der Waals surface area contributed by atoms with Gasteiger partial charge in [-0.05, 0) is 48.6 Å². The number of halogens is 2. The highest BCUT2D eigenvalue weighted by Gasteiger charge is 2.21. The molecule has 3 aromatic rings. The van der Waals surface area contributed by atoms with Gasteiger partial charge >= 0.3 is 6.09 Å². The minimum Gasteiger partial charge on any atom is -0.449 e. The minimum absolute atomic E-state index is 0.0909. The molecule has 0 atom stereocenters. The van der Waals surface area contributed by atoms with E-state index in [-0.39, 0.29) is 12.5 Å². The molecule has 1 amide bonds. The maximum atomic E-state index is 13.8. The van der Waals surface area contributed by atoms with Crippen molar-refractivity contribution in [3.05, 3.63) is 71.4 Å². The van der Waals surface area contributed by atoms with Crippen LogP contribution >= 0.6 is 11.8 Å². The van der Waals surface area contributed by atoms with Crippen LogP contribution in [0, 0.1) is 11.6 Å². The van der Waals surface area contributed by atoms with Crippen LogP contribution in [0.2, 0.25) is 0 Å². The predicted octanol–water partition coefficient (Wildman–Crippen LogP) is 5.10. The average molecular weight is 461 g/mol. The quantitative estimate of drug-likeness (QED) is 0.455. The summed E-state index contributed by atoms with van der Waals surface area (Å²) in [7, 11) is 0. The molecule has 2 aromatic heterocycles. The number of aryl methyl sites for hydroxylation is 1. The normalized spacial score (nSPS) is 11.2. The molecule has 0 aliphatic carbocycles.